The van der Waals surface area contributed by atoms with Crippen molar-refractivity contribution in [2.75, 3.05) is 7.11 Å². The van der Waals surface area contributed by atoms with Gasteiger partial charge >= 0.3 is 0 Å². The number of methoxy groups -OCH3 is 1. The highest BCUT2D eigenvalue weighted by Gasteiger charge is 2.22. The van der Waals surface area contributed by atoms with Crippen LogP contribution in [0.15, 0.2) is 18.2 Å². The standard InChI is InChI=1S/C11H14I2O3/c1-7(2)10(16-13)8-5-4-6-9(15-12)11(8)14-3/h4-7,10H,1-3H3. The fraction of sp³-hybridized carbons (Fsp3) is 0.455. The maximum absolute atomic E-state index is 5.47. The van der Waals surface area contributed by atoms with E-state index in [4.69, 9.17) is 10.9 Å². The van der Waals surface area contributed by atoms with Crippen LogP contribution >= 0.6 is 46.0 Å². The van der Waals surface area contributed by atoms with E-state index in [9.17, 15) is 0 Å². The Kier molecular flexibility index (Phi) is 6.12. The Bertz CT molecular complexity index is 342. The van der Waals surface area contributed by atoms with Gasteiger partial charge in [-0.05, 0) is 12.0 Å². The van der Waals surface area contributed by atoms with Crippen molar-refractivity contribution < 1.29 is 10.9 Å². The second kappa shape index (κ2) is 6.85. The highest BCUT2D eigenvalue weighted by molar-refractivity contribution is 14.1. The number of hydrogen-bond acceptors (Lipinski definition) is 3. The molecule has 0 saturated carbocycles. The minimum absolute atomic E-state index is 0.00190. The molecule has 0 spiro atoms. The minimum atomic E-state index is 0.00190. The third kappa shape index (κ3) is 3.13. The van der Waals surface area contributed by atoms with Crippen molar-refractivity contribution in [2.45, 2.75) is 20.0 Å². The zero-order chi connectivity index (χ0) is 12.1. The van der Waals surface area contributed by atoms with Gasteiger partial charge in [-0.1, -0.05) is 26.0 Å². The molecule has 0 aliphatic rings. The summed E-state index contributed by atoms with van der Waals surface area (Å²) >= 11 is 3.78. The molecule has 0 bridgehead atoms. The number of halogens is 2. The van der Waals surface area contributed by atoms with Crippen molar-refractivity contribution in [3.8, 4) is 11.5 Å². The molecule has 16 heavy (non-hydrogen) atoms. The quantitative estimate of drug-likeness (QED) is 0.622. The van der Waals surface area contributed by atoms with Crippen LogP contribution in [0.4, 0.5) is 0 Å². The third-order valence-corrected chi connectivity index (χ3v) is 3.33. The van der Waals surface area contributed by atoms with E-state index in [2.05, 4.69) is 13.8 Å². The number of ether oxygens (including phenoxy) is 1. The van der Waals surface area contributed by atoms with Gasteiger partial charge in [0.15, 0.2) is 34.5 Å². The molecule has 0 fully saturated rings. The zero-order valence-corrected chi connectivity index (χ0v) is 13.7. The topological polar surface area (TPSA) is 27.7 Å². The maximum Gasteiger partial charge on any atom is 0.192 e. The first-order valence-corrected chi connectivity index (χ1v) is 6.64. The van der Waals surface area contributed by atoms with Gasteiger partial charge in [0.1, 0.15) is 29.1 Å². The highest BCUT2D eigenvalue weighted by atomic mass is 127. The van der Waals surface area contributed by atoms with Gasteiger partial charge in [-0.2, -0.15) is 0 Å². The molecule has 0 aromatic heterocycles. The van der Waals surface area contributed by atoms with Gasteiger partial charge in [-0.3, -0.25) is 0 Å². The Balaban J connectivity index is 3.20. The van der Waals surface area contributed by atoms with Crippen molar-refractivity contribution in [3.63, 3.8) is 0 Å². The molecule has 1 unspecified atom stereocenters. The van der Waals surface area contributed by atoms with E-state index in [0.29, 0.717) is 5.92 Å². The van der Waals surface area contributed by atoms with E-state index in [1.54, 1.807) is 7.11 Å². The predicted octanol–water partition coefficient (Wildman–Crippen LogP) is 4.49. The van der Waals surface area contributed by atoms with Gasteiger partial charge in [0, 0.05) is 5.56 Å². The van der Waals surface area contributed by atoms with Gasteiger partial charge < -0.3 is 10.9 Å². The summed E-state index contributed by atoms with van der Waals surface area (Å²) in [6.45, 7) is 4.22. The van der Waals surface area contributed by atoms with Gasteiger partial charge in [-0.25, -0.2) is 0 Å². The summed E-state index contributed by atoms with van der Waals surface area (Å²) in [5, 5.41) is 0. The Morgan fingerprint density at radius 2 is 1.88 bits per heavy atom. The molecule has 1 rings (SSSR count). The fourth-order valence-electron chi connectivity index (χ4n) is 1.55. The van der Waals surface area contributed by atoms with Crippen molar-refractivity contribution in [3.05, 3.63) is 23.8 Å². The molecular formula is C11H14I2O3. The molecule has 0 radical (unpaired) electrons. The van der Waals surface area contributed by atoms with Gasteiger partial charge in [-0.15, -0.1) is 0 Å². The first-order valence-electron chi connectivity index (χ1n) is 4.88. The monoisotopic (exact) mass is 448 g/mol. The molecule has 90 valence electrons. The van der Waals surface area contributed by atoms with Crippen molar-refractivity contribution >= 4 is 46.0 Å². The van der Waals surface area contributed by atoms with Crippen molar-refractivity contribution in [2.24, 2.45) is 5.92 Å². The maximum atomic E-state index is 5.47. The molecular weight excluding hydrogens is 434 g/mol. The van der Waals surface area contributed by atoms with E-state index in [1.807, 2.05) is 64.2 Å². The average Bonchev–Trinajstić information content (AvgIpc) is 2.29. The molecule has 0 aliphatic carbocycles. The van der Waals surface area contributed by atoms with Gasteiger partial charge in [0.2, 0.25) is 0 Å². The first kappa shape index (κ1) is 14.3. The van der Waals surface area contributed by atoms with Crippen LogP contribution in [0.5, 0.6) is 11.5 Å². The number of benzene rings is 1. The van der Waals surface area contributed by atoms with Crippen LogP contribution in [0, 0.1) is 5.92 Å². The van der Waals surface area contributed by atoms with Crippen molar-refractivity contribution in [1.29, 1.82) is 0 Å². The summed E-state index contributed by atoms with van der Waals surface area (Å²) in [5.74, 6) is 1.84. The van der Waals surface area contributed by atoms with E-state index >= 15 is 0 Å². The normalized spacial score (nSPS) is 12.6. The Morgan fingerprint density at radius 1 is 1.19 bits per heavy atom. The van der Waals surface area contributed by atoms with Gasteiger partial charge in [0.05, 0.1) is 7.11 Å². The van der Waals surface area contributed by atoms with Crippen LogP contribution in [0.3, 0.4) is 0 Å². The average molecular weight is 448 g/mol. The van der Waals surface area contributed by atoms with E-state index in [0.717, 1.165) is 17.1 Å². The lowest BCUT2D eigenvalue weighted by Crippen LogP contribution is -2.08. The molecule has 0 N–H and O–H groups in total. The molecule has 1 aromatic carbocycles. The lowest BCUT2D eigenvalue weighted by atomic mass is 9.98. The number of rotatable bonds is 5. The van der Waals surface area contributed by atoms with Crippen LogP contribution in [0.25, 0.3) is 0 Å². The second-order valence-corrected chi connectivity index (χ2v) is 4.66. The number of hydrogen-bond donors (Lipinski definition) is 0. The predicted molar refractivity (Wildman–Crippen MR) is 80.3 cm³/mol. The van der Waals surface area contributed by atoms with Crippen LogP contribution < -0.4 is 7.80 Å². The Hall–Kier alpha value is 0.240. The molecule has 5 heteroatoms. The molecule has 3 nitrogen and oxygen atoms in total. The van der Waals surface area contributed by atoms with Crippen molar-refractivity contribution in [1.82, 2.24) is 0 Å². The third-order valence-electron chi connectivity index (χ3n) is 2.30. The lowest BCUT2D eigenvalue weighted by Gasteiger charge is -2.21. The van der Waals surface area contributed by atoms with E-state index in [-0.39, 0.29) is 6.10 Å². The van der Waals surface area contributed by atoms with Crippen LogP contribution in [-0.2, 0) is 3.07 Å². The summed E-state index contributed by atoms with van der Waals surface area (Å²) in [4.78, 5) is 0. The number of para-hydroxylation sites is 1. The molecule has 0 saturated heterocycles. The van der Waals surface area contributed by atoms with Crippen LogP contribution in [0.2, 0.25) is 0 Å². The van der Waals surface area contributed by atoms with E-state index < -0.39 is 0 Å². The van der Waals surface area contributed by atoms with Crippen LogP contribution in [0.1, 0.15) is 25.5 Å². The highest BCUT2D eigenvalue weighted by Crippen LogP contribution is 2.40. The molecule has 0 amide bonds. The zero-order valence-electron chi connectivity index (χ0n) is 9.37. The fourth-order valence-corrected chi connectivity index (χ4v) is 2.75. The Morgan fingerprint density at radius 3 is 2.31 bits per heavy atom. The summed E-state index contributed by atoms with van der Waals surface area (Å²) in [6, 6.07) is 5.82. The molecule has 0 heterocycles. The van der Waals surface area contributed by atoms with E-state index in [1.165, 1.54) is 0 Å². The summed E-state index contributed by atoms with van der Waals surface area (Å²) in [7, 11) is 1.64. The Labute approximate surface area is 124 Å². The minimum Gasteiger partial charge on any atom is -0.492 e. The largest absolute Gasteiger partial charge is 0.492 e. The smallest absolute Gasteiger partial charge is 0.192 e. The summed E-state index contributed by atoms with van der Waals surface area (Å²) in [6.07, 6.45) is 0.00190. The molecule has 0 aliphatic heterocycles. The molecule has 1 aromatic rings. The summed E-state index contributed by atoms with van der Waals surface area (Å²) in [5.41, 5.74) is 1.01. The van der Waals surface area contributed by atoms with Gasteiger partial charge in [0.25, 0.3) is 0 Å². The lowest BCUT2D eigenvalue weighted by molar-refractivity contribution is 0.213. The summed E-state index contributed by atoms with van der Waals surface area (Å²) < 4.78 is 16.1. The SMILES string of the molecule is COc1c(OI)cccc1C(OI)C(C)C. The molecule has 1 atom stereocenters. The first-order chi connectivity index (χ1) is 7.65. The second-order valence-electron chi connectivity index (χ2n) is 3.71. The van der Waals surface area contributed by atoms with Crippen LogP contribution in [-0.4, -0.2) is 7.11 Å².